The van der Waals surface area contributed by atoms with Gasteiger partial charge in [-0.05, 0) is 30.5 Å². The number of amides is 3. The molecule has 2 heterocycles. The van der Waals surface area contributed by atoms with Gasteiger partial charge in [-0.25, -0.2) is 4.79 Å². The van der Waals surface area contributed by atoms with Crippen molar-refractivity contribution in [3.63, 3.8) is 0 Å². The van der Waals surface area contributed by atoms with Gasteiger partial charge in [-0.2, -0.15) is 0 Å². The molecule has 1 atom stereocenters. The highest BCUT2D eigenvalue weighted by Crippen LogP contribution is 2.30. The van der Waals surface area contributed by atoms with Gasteiger partial charge in [0.25, 0.3) is 0 Å². The van der Waals surface area contributed by atoms with Gasteiger partial charge in [-0.3, -0.25) is 4.79 Å². The quantitative estimate of drug-likeness (QED) is 0.852. The number of carbonyl (C=O) groups is 2. The second-order valence-electron chi connectivity index (χ2n) is 7.02. The minimum Gasteiger partial charge on any atom is -0.353 e. The molecular weight excluding hydrogens is 340 g/mol. The van der Waals surface area contributed by atoms with E-state index in [1.807, 2.05) is 54.5 Å². The highest BCUT2D eigenvalue weighted by Gasteiger charge is 2.28. The van der Waals surface area contributed by atoms with Crippen LogP contribution in [-0.2, 0) is 18.4 Å². The zero-order chi connectivity index (χ0) is 19.1. The van der Waals surface area contributed by atoms with E-state index in [-0.39, 0.29) is 24.5 Å². The Kier molecular flexibility index (Phi) is 6.52. The summed E-state index contributed by atoms with van der Waals surface area (Å²) in [5.41, 5.74) is 2.18. The number of urea groups is 1. The van der Waals surface area contributed by atoms with Gasteiger partial charge in [0.15, 0.2) is 0 Å². The molecule has 0 saturated carbocycles. The van der Waals surface area contributed by atoms with Crippen molar-refractivity contribution in [2.24, 2.45) is 7.05 Å². The zero-order valence-electron chi connectivity index (χ0n) is 15.9. The maximum absolute atomic E-state index is 12.8. The van der Waals surface area contributed by atoms with Gasteiger partial charge in [0.05, 0.1) is 12.6 Å². The number of nitrogens with one attached hydrogen (secondary N) is 2. The van der Waals surface area contributed by atoms with Gasteiger partial charge in [0.1, 0.15) is 0 Å². The van der Waals surface area contributed by atoms with Crippen LogP contribution in [0.2, 0.25) is 0 Å². The number of rotatable bonds is 5. The lowest BCUT2D eigenvalue weighted by atomic mass is 10.1. The van der Waals surface area contributed by atoms with Crippen LogP contribution in [0.4, 0.5) is 4.79 Å². The van der Waals surface area contributed by atoms with Crippen LogP contribution in [0.25, 0.3) is 0 Å². The largest absolute Gasteiger partial charge is 0.353 e. The van der Waals surface area contributed by atoms with Crippen molar-refractivity contribution in [2.45, 2.75) is 38.3 Å². The SMILES string of the molecule is Cn1cccc1[C@@H]1CCCCCN1C(=O)CNC(=O)NCc1ccccc1. The van der Waals surface area contributed by atoms with Gasteiger partial charge in [-0.1, -0.05) is 43.2 Å². The first kappa shape index (κ1) is 19.0. The Labute approximate surface area is 160 Å². The molecule has 6 heteroatoms. The molecule has 0 unspecified atom stereocenters. The number of likely N-dealkylation sites (tertiary alicyclic amines) is 1. The van der Waals surface area contributed by atoms with Gasteiger partial charge in [-0.15, -0.1) is 0 Å². The summed E-state index contributed by atoms with van der Waals surface area (Å²) in [7, 11) is 2.01. The van der Waals surface area contributed by atoms with Crippen molar-refractivity contribution < 1.29 is 9.59 Å². The fourth-order valence-corrected chi connectivity index (χ4v) is 3.63. The van der Waals surface area contributed by atoms with E-state index < -0.39 is 0 Å². The third kappa shape index (κ3) is 5.12. The molecule has 1 aliphatic heterocycles. The van der Waals surface area contributed by atoms with Gasteiger partial charge < -0.3 is 20.1 Å². The molecular formula is C21H28N4O2. The molecule has 0 spiro atoms. The van der Waals surface area contributed by atoms with Crippen LogP contribution in [0.5, 0.6) is 0 Å². The molecule has 1 aromatic heterocycles. The number of hydrogen-bond donors (Lipinski definition) is 2. The number of aryl methyl sites for hydroxylation is 1. The van der Waals surface area contributed by atoms with Crippen molar-refractivity contribution in [2.75, 3.05) is 13.1 Å². The van der Waals surface area contributed by atoms with Crippen molar-refractivity contribution in [3.8, 4) is 0 Å². The summed E-state index contributed by atoms with van der Waals surface area (Å²) in [5.74, 6) is -0.0297. The van der Waals surface area contributed by atoms with Crippen LogP contribution in [0, 0.1) is 0 Å². The Morgan fingerprint density at radius 3 is 2.59 bits per heavy atom. The lowest BCUT2D eigenvalue weighted by molar-refractivity contribution is -0.132. The summed E-state index contributed by atoms with van der Waals surface area (Å²) in [6, 6.07) is 13.6. The van der Waals surface area contributed by atoms with E-state index >= 15 is 0 Å². The summed E-state index contributed by atoms with van der Waals surface area (Å²) in [5, 5.41) is 5.50. The highest BCUT2D eigenvalue weighted by atomic mass is 16.2. The van der Waals surface area contributed by atoms with Crippen molar-refractivity contribution in [1.82, 2.24) is 20.1 Å². The van der Waals surface area contributed by atoms with E-state index in [2.05, 4.69) is 21.3 Å². The normalized spacial score (nSPS) is 17.2. The Morgan fingerprint density at radius 1 is 1.04 bits per heavy atom. The van der Waals surface area contributed by atoms with Crippen LogP contribution in [-0.4, -0.2) is 34.5 Å². The van der Waals surface area contributed by atoms with E-state index in [1.165, 1.54) is 0 Å². The van der Waals surface area contributed by atoms with E-state index in [0.717, 1.165) is 43.5 Å². The van der Waals surface area contributed by atoms with Gasteiger partial charge in [0, 0.05) is 32.0 Å². The van der Waals surface area contributed by atoms with Gasteiger partial charge >= 0.3 is 6.03 Å². The molecule has 2 N–H and O–H groups in total. The van der Waals surface area contributed by atoms with E-state index in [4.69, 9.17) is 0 Å². The first-order valence-corrected chi connectivity index (χ1v) is 9.61. The topological polar surface area (TPSA) is 66.4 Å². The molecule has 0 radical (unpaired) electrons. The molecule has 1 aliphatic rings. The Hall–Kier alpha value is -2.76. The smallest absolute Gasteiger partial charge is 0.315 e. The predicted molar refractivity (Wildman–Crippen MR) is 105 cm³/mol. The van der Waals surface area contributed by atoms with E-state index in [0.29, 0.717) is 6.54 Å². The minimum absolute atomic E-state index is 0.0154. The second-order valence-corrected chi connectivity index (χ2v) is 7.02. The number of nitrogens with zero attached hydrogens (tertiary/aromatic N) is 2. The maximum Gasteiger partial charge on any atom is 0.315 e. The summed E-state index contributed by atoms with van der Waals surface area (Å²) in [6.07, 6.45) is 6.23. The molecule has 1 aromatic carbocycles. The lowest BCUT2D eigenvalue weighted by Gasteiger charge is -2.30. The fourth-order valence-electron chi connectivity index (χ4n) is 3.63. The average Bonchev–Trinajstić information content (AvgIpc) is 2.97. The lowest BCUT2D eigenvalue weighted by Crippen LogP contribution is -2.45. The van der Waals surface area contributed by atoms with E-state index in [9.17, 15) is 9.59 Å². The van der Waals surface area contributed by atoms with Crippen LogP contribution in [0.3, 0.4) is 0 Å². The van der Waals surface area contributed by atoms with Gasteiger partial charge in [0.2, 0.25) is 5.91 Å². The minimum atomic E-state index is -0.322. The average molecular weight is 368 g/mol. The zero-order valence-corrected chi connectivity index (χ0v) is 15.9. The Morgan fingerprint density at radius 2 is 1.85 bits per heavy atom. The molecule has 0 aliphatic carbocycles. The molecule has 144 valence electrons. The summed E-state index contributed by atoms with van der Waals surface area (Å²) >= 11 is 0. The molecule has 1 fully saturated rings. The summed E-state index contributed by atoms with van der Waals surface area (Å²) in [4.78, 5) is 26.8. The van der Waals surface area contributed by atoms with Crippen molar-refractivity contribution >= 4 is 11.9 Å². The standard InChI is InChI=1S/C21H28N4O2/c1-24-13-8-12-18(24)19-11-6-3-7-14-25(19)20(26)16-23-21(27)22-15-17-9-4-2-5-10-17/h2,4-5,8-10,12-13,19H,3,6-7,11,14-16H2,1H3,(H2,22,23,27)/t19-/m0/s1. The van der Waals surface area contributed by atoms with Crippen molar-refractivity contribution in [3.05, 3.63) is 59.9 Å². The van der Waals surface area contributed by atoms with Crippen LogP contribution < -0.4 is 10.6 Å². The fraction of sp³-hybridized carbons (Fsp3) is 0.429. The number of carbonyl (C=O) groups excluding carboxylic acids is 2. The Balaban J connectivity index is 1.55. The number of aromatic nitrogens is 1. The monoisotopic (exact) mass is 368 g/mol. The van der Waals surface area contributed by atoms with Crippen LogP contribution >= 0.6 is 0 Å². The molecule has 3 amide bonds. The molecule has 1 saturated heterocycles. The molecule has 2 aromatic rings. The van der Waals surface area contributed by atoms with Crippen LogP contribution in [0.15, 0.2) is 48.7 Å². The second kappa shape index (κ2) is 9.26. The number of benzene rings is 1. The predicted octanol–water partition coefficient (Wildman–Crippen LogP) is 2.97. The van der Waals surface area contributed by atoms with Crippen molar-refractivity contribution in [1.29, 1.82) is 0 Å². The first-order chi connectivity index (χ1) is 13.1. The first-order valence-electron chi connectivity index (χ1n) is 9.61. The maximum atomic E-state index is 12.8. The summed E-state index contributed by atoms with van der Waals surface area (Å²) in [6.45, 7) is 1.19. The highest BCUT2D eigenvalue weighted by molar-refractivity contribution is 5.84. The molecule has 6 nitrogen and oxygen atoms in total. The molecule has 0 bridgehead atoms. The third-order valence-corrected chi connectivity index (χ3v) is 5.09. The Bertz CT molecular complexity index is 757. The summed E-state index contributed by atoms with van der Waals surface area (Å²) < 4.78 is 2.08. The van der Waals surface area contributed by atoms with Crippen LogP contribution in [0.1, 0.15) is 43.0 Å². The third-order valence-electron chi connectivity index (χ3n) is 5.09. The number of hydrogen-bond acceptors (Lipinski definition) is 2. The van der Waals surface area contributed by atoms with E-state index in [1.54, 1.807) is 0 Å². The molecule has 3 rings (SSSR count). The molecule has 27 heavy (non-hydrogen) atoms.